The maximum atomic E-state index is 12.4. The van der Waals surface area contributed by atoms with Crippen molar-refractivity contribution in [3.63, 3.8) is 0 Å². The predicted molar refractivity (Wildman–Crippen MR) is 90.8 cm³/mol. The minimum absolute atomic E-state index is 0.0305. The van der Waals surface area contributed by atoms with Gasteiger partial charge in [0.05, 0.1) is 13.0 Å². The number of carbonyl (C=O) groups is 1. The van der Waals surface area contributed by atoms with Gasteiger partial charge in [-0.3, -0.25) is 4.79 Å². The monoisotopic (exact) mass is 345 g/mol. The molecule has 0 bridgehead atoms. The molecule has 7 heteroatoms. The summed E-state index contributed by atoms with van der Waals surface area (Å²) in [7, 11) is 1.61. The van der Waals surface area contributed by atoms with Crippen molar-refractivity contribution in [3.05, 3.63) is 35.5 Å². The van der Waals surface area contributed by atoms with Crippen LogP contribution in [-0.4, -0.2) is 36.3 Å². The largest absolute Gasteiger partial charge is 0.493 e. The van der Waals surface area contributed by atoms with Gasteiger partial charge < -0.3 is 19.3 Å². The maximum absolute atomic E-state index is 12.4. The van der Waals surface area contributed by atoms with Crippen LogP contribution in [-0.2, 0) is 17.6 Å². The van der Waals surface area contributed by atoms with Crippen LogP contribution in [0.2, 0.25) is 0 Å². The second kappa shape index (κ2) is 7.55. The summed E-state index contributed by atoms with van der Waals surface area (Å²) < 4.78 is 16.2. The van der Waals surface area contributed by atoms with Crippen LogP contribution in [0.3, 0.4) is 0 Å². The van der Waals surface area contributed by atoms with Crippen molar-refractivity contribution in [2.24, 2.45) is 5.92 Å². The zero-order chi connectivity index (χ0) is 17.8. The second-order valence-electron chi connectivity index (χ2n) is 6.40. The van der Waals surface area contributed by atoms with Gasteiger partial charge in [-0.1, -0.05) is 31.1 Å². The number of fused-ring (bicyclic) bond motifs is 1. The number of ether oxygens (including phenoxy) is 2. The Labute approximate surface area is 146 Å². The minimum Gasteiger partial charge on any atom is -0.493 e. The first kappa shape index (κ1) is 17.3. The topological polar surface area (TPSA) is 86.5 Å². The molecule has 25 heavy (non-hydrogen) atoms. The number of carbonyl (C=O) groups excluding carboxylic acids is 1. The van der Waals surface area contributed by atoms with Crippen LogP contribution in [0, 0.1) is 5.92 Å². The van der Waals surface area contributed by atoms with Crippen molar-refractivity contribution >= 4 is 5.91 Å². The molecular formula is C18H23N3O4. The van der Waals surface area contributed by atoms with Crippen molar-refractivity contribution in [1.82, 2.24) is 15.5 Å². The molecule has 0 radical (unpaired) electrons. The number of hydrogen-bond acceptors (Lipinski definition) is 6. The summed E-state index contributed by atoms with van der Waals surface area (Å²) in [5.41, 5.74) is 0.990. The first-order chi connectivity index (χ1) is 12.1. The first-order valence-electron chi connectivity index (χ1n) is 8.47. The van der Waals surface area contributed by atoms with Crippen LogP contribution in [0.4, 0.5) is 0 Å². The number of benzene rings is 1. The van der Waals surface area contributed by atoms with E-state index in [9.17, 15) is 4.79 Å². The summed E-state index contributed by atoms with van der Waals surface area (Å²) in [4.78, 5) is 16.7. The van der Waals surface area contributed by atoms with Gasteiger partial charge in [-0.05, 0) is 18.1 Å². The highest BCUT2D eigenvalue weighted by atomic mass is 16.5. The lowest BCUT2D eigenvalue weighted by molar-refractivity contribution is -0.126. The van der Waals surface area contributed by atoms with Crippen LogP contribution < -0.4 is 14.8 Å². The molecule has 1 aromatic heterocycles. The highest BCUT2D eigenvalue weighted by molar-refractivity contribution is 5.79. The molecule has 2 aromatic rings. The van der Waals surface area contributed by atoms with Crippen molar-refractivity contribution < 1.29 is 18.8 Å². The first-order valence-corrected chi connectivity index (χ1v) is 8.47. The normalized spacial score (nSPS) is 16.2. The lowest BCUT2D eigenvalue weighted by atomic mass is 9.95. The molecule has 1 aliphatic heterocycles. The summed E-state index contributed by atoms with van der Waals surface area (Å²) in [5, 5.41) is 6.83. The van der Waals surface area contributed by atoms with E-state index in [4.69, 9.17) is 14.0 Å². The van der Waals surface area contributed by atoms with Gasteiger partial charge in [0.25, 0.3) is 0 Å². The van der Waals surface area contributed by atoms with E-state index in [1.54, 1.807) is 7.11 Å². The fourth-order valence-corrected chi connectivity index (χ4v) is 2.76. The Morgan fingerprint density at radius 1 is 1.44 bits per heavy atom. The van der Waals surface area contributed by atoms with Crippen molar-refractivity contribution in [1.29, 1.82) is 0 Å². The molecule has 0 aliphatic carbocycles. The number of para-hydroxylation sites is 1. The van der Waals surface area contributed by atoms with Crippen molar-refractivity contribution in [2.45, 2.75) is 32.6 Å². The summed E-state index contributed by atoms with van der Waals surface area (Å²) in [6.07, 6.45) is 1.15. The van der Waals surface area contributed by atoms with E-state index in [1.165, 1.54) is 0 Å². The average Bonchev–Trinajstić information content (AvgIpc) is 3.09. The molecule has 0 saturated carbocycles. The Kier molecular flexibility index (Phi) is 5.21. The molecule has 1 aliphatic rings. The highest BCUT2D eigenvalue weighted by Gasteiger charge is 2.27. The van der Waals surface area contributed by atoms with Gasteiger partial charge in [-0.25, -0.2) is 0 Å². The predicted octanol–water partition coefficient (Wildman–Crippen LogP) is 2.11. The van der Waals surface area contributed by atoms with Crippen LogP contribution in [0.1, 0.15) is 37.0 Å². The van der Waals surface area contributed by atoms with Crippen LogP contribution in [0.15, 0.2) is 22.7 Å². The molecule has 0 fully saturated rings. The van der Waals surface area contributed by atoms with Gasteiger partial charge in [-0.2, -0.15) is 4.98 Å². The molecule has 0 unspecified atom stereocenters. The summed E-state index contributed by atoms with van der Waals surface area (Å²) in [5.74, 6) is 2.65. The Bertz CT molecular complexity index is 742. The molecule has 3 rings (SSSR count). The molecule has 0 spiro atoms. The standard InChI is InChI=1S/C18H23N3O4/c1-11(2)17-20-15(25-21-17)7-8-19-18(22)13-9-12-5-4-6-14(23-3)16(12)24-10-13/h4-6,11,13H,7-10H2,1-3H3,(H,19,22)/t13-/m0/s1. The number of nitrogens with one attached hydrogen (secondary N) is 1. The van der Waals surface area contributed by atoms with Crippen molar-refractivity contribution in [3.8, 4) is 11.5 Å². The lowest BCUT2D eigenvalue weighted by Gasteiger charge is -2.25. The SMILES string of the molecule is COc1cccc2c1OC[C@@H](C(=O)NCCc1nc(C(C)C)no1)C2. The fraction of sp³-hybridized carbons (Fsp3) is 0.500. The number of rotatable bonds is 6. The van der Waals surface area contributed by atoms with E-state index in [0.29, 0.717) is 43.5 Å². The summed E-state index contributed by atoms with van der Waals surface area (Å²) in [6.45, 7) is 4.82. The highest BCUT2D eigenvalue weighted by Crippen LogP contribution is 2.35. The fourth-order valence-electron chi connectivity index (χ4n) is 2.76. The van der Waals surface area contributed by atoms with E-state index >= 15 is 0 Å². The van der Waals surface area contributed by atoms with E-state index in [0.717, 1.165) is 11.3 Å². The molecule has 1 atom stereocenters. The zero-order valence-electron chi connectivity index (χ0n) is 14.7. The number of hydrogen-bond donors (Lipinski definition) is 1. The Morgan fingerprint density at radius 2 is 2.28 bits per heavy atom. The van der Waals surface area contributed by atoms with Gasteiger partial charge >= 0.3 is 0 Å². The molecule has 1 amide bonds. The number of amides is 1. The van der Waals surface area contributed by atoms with Crippen LogP contribution in [0.25, 0.3) is 0 Å². The smallest absolute Gasteiger partial charge is 0.228 e. The third-order valence-corrected chi connectivity index (χ3v) is 4.18. The molecule has 134 valence electrons. The molecular weight excluding hydrogens is 322 g/mol. The van der Waals surface area contributed by atoms with Crippen LogP contribution >= 0.6 is 0 Å². The van der Waals surface area contributed by atoms with Gasteiger partial charge in [0.2, 0.25) is 11.8 Å². The molecule has 0 saturated heterocycles. The number of nitrogens with zero attached hydrogens (tertiary/aromatic N) is 2. The van der Waals surface area contributed by atoms with E-state index in [2.05, 4.69) is 15.5 Å². The average molecular weight is 345 g/mol. The van der Waals surface area contributed by atoms with E-state index in [1.807, 2.05) is 32.0 Å². The molecule has 1 aromatic carbocycles. The minimum atomic E-state index is -0.214. The molecule has 2 heterocycles. The van der Waals surface area contributed by atoms with Crippen LogP contribution in [0.5, 0.6) is 11.5 Å². The number of aromatic nitrogens is 2. The van der Waals surface area contributed by atoms with E-state index < -0.39 is 0 Å². The Morgan fingerprint density at radius 3 is 3.00 bits per heavy atom. The molecule has 7 nitrogen and oxygen atoms in total. The maximum Gasteiger partial charge on any atom is 0.228 e. The molecule has 1 N–H and O–H groups in total. The third-order valence-electron chi connectivity index (χ3n) is 4.18. The Balaban J connectivity index is 1.52. The van der Waals surface area contributed by atoms with Gasteiger partial charge in [0.1, 0.15) is 6.61 Å². The zero-order valence-corrected chi connectivity index (χ0v) is 14.7. The van der Waals surface area contributed by atoms with Gasteiger partial charge in [-0.15, -0.1) is 0 Å². The van der Waals surface area contributed by atoms with Crippen molar-refractivity contribution in [2.75, 3.05) is 20.3 Å². The van der Waals surface area contributed by atoms with Gasteiger partial charge in [0.15, 0.2) is 17.3 Å². The summed E-state index contributed by atoms with van der Waals surface area (Å²) in [6, 6.07) is 5.72. The third kappa shape index (κ3) is 3.92. The van der Waals surface area contributed by atoms with Gasteiger partial charge in [0, 0.05) is 18.9 Å². The number of methoxy groups -OCH3 is 1. The Hall–Kier alpha value is -2.57. The summed E-state index contributed by atoms with van der Waals surface area (Å²) >= 11 is 0. The second-order valence-corrected chi connectivity index (χ2v) is 6.40. The quantitative estimate of drug-likeness (QED) is 0.863. The van der Waals surface area contributed by atoms with E-state index in [-0.39, 0.29) is 17.7 Å². The lowest BCUT2D eigenvalue weighted by Crippen LogP contribution is -2.38.